The van der Waals surface area contributed by atoms with Crippen LogP contribution < -0.4 is 0 Å². The Labute approximate surface area is 140 Å². The van der Waals surface area contributed by atoms with Gasteiger partial charge >= 0.3 is 11.9 Å². The lowest BCUT2D eigenvalue weighted by Crippen LogP contribution is -2.14. The van der Waals surface area contributed by atoms with Crippen molar-refractivity contribution >= 4 is 33.5 Å². The van der Waals surface area contributed by atoms with Crippen LogP contribution in [0.4, 0.5) is 4.39 Å². The SMILES string of the molecule is COC(=O)COC(=O)c1cc2c(-c3ccccc3F)nn(C)c2s1. The van der Waals surface area contributed by atoms with Crippen molar-refractivity contribution in [2.45, 2.75) is 0 Å². The van der Waals surface area contributed by atoms with E-state index in [0.717, 1.165) is 11.3 Å². The van der Waals surface area contributed by atoms with E-state index in [0.29, 0.717) is 26.4 Å². The number of methoxy groups -OCH3 is 1. The van der Waals surface area contributed by atoms with Gasteiger partial charge in [-0.2, -0.15) is 5.10 Å². The fraction of sp³-hybridized carbons (Fsp3) is 0.188. The molecule has 8 heteroatoms. The molecule has 0 unspecified atom stereocenters. The van der Waals surface area contributed by atoms with Gasteiger partial charge in [0.1, 0.15) is 21.2 Å². The molecular weight excluding hydrogens is 335 g/mol. The van der Waals surface area contributed by atoms with Crippen LogP contribution in [0.25, 0.3) is 21.5 Å². The van der Waals surface area contributed by atoms with Crippen molar-refractivity contribution in [2.24, 2.45) is 7.05 Å². The number of carbonyl (C=O) groups is 2. The highest BCUT2D eigenvalue weighted by molar-refractivity contribution is 7.20. The first-order valence-electron chi connectivity index (χ1n) is 6.96. The molecule has 3 rings (SSSR count). The van der Waals surface area contributed by atoms with Gasteiger partial charge in [-0.1, -0.05) is 12.1 Å². The quantitative estimate of drug-likeness (QED) is 0.678. The largest absolute Gasteiger partial charge is 0.466 e. The number of aromatic nitrogens is 2. The van der Waals surface area contributed by atoms with Crippen molar-refractivity contribution in [2.75, 3.05) is 13.7 Å². The summed E-state index contributed by atoms with van der Waals surface area (Å²) in [5.74, 6) is -1.67. The van der Waals surface area contributed by atoms with Crippen LogP contribution >= 0.6 is 11.3 Å². The van der Waals surface area contributed by atoms with E-state index in [9.17, 15) is 14.0 Å². The second-order valence-electron chi connectivity index (χ2n) is 4.93. The van der Waals surface area contributed by atoms with Crippen molar-refractivity contribution in [3.8, 4) is 11.3 Å². The molecule has 6 nitrogen and oxygen atoms in total. The summed E-state index contributed by atoms with van der Waals surface area (Å²) in [6, 6.07) is 7.89. The summed E-state index contributed by atoms with van der Waals surface area (Å²) in [4.78, 5) is 24.1. The molecule has 2 heterocycles. The number of aryl methyl sites for hydroxylation is 1. The molecule has 1 aromatic carbocycles. The van der Waals surface area contributed by atoms with Gasteiger partial charge in [-0.25, -0.2) is 14.0 Å². The minimum atomic E-state index is -0.641. The summed E-state index contributed by atoms with van der Waals surface area (Å²) in [5, 5.41) is 4.98. The number of ether oxygens (including phenoxy) is 2. The van der Waals surface area contributed by atoms with E-state index in [1.807, 2.05) is 0 Å². The zero-order valence-corrected chi connectivity index (χ0v) is 13.7. The Hall–Kier alpha value is -2.74. The smallest absolute Gasteiger partial charge is 0.348 e. The third-order valence-electron chi connectivity index (χ3n) is 3.39. The van der Waals surface area contributed by atoms with Crippen molar-refractivity contribution in [1.82, 2.24) is 9.78 Å². The lowest BCUT2D eigenvalue weighted by molar-refractivity contribution is -0.144. The summed E-state index contributed by atoms with van der Waals surface area (Å²) < 4.78 is 24.9. The number of rotatable bonds is 4. The van der Waals surface area contributed by atoms with E-state index in [1.165, 1.54) is 13.2 Å². The molecule has 0 saturated heterocycles. The molecule has 2 aromatic heterocycles. The zero-order chi connectivity index (χ0) is 17.3. The number of halogens is 1. The summed E-state index contributed by atoms with van der Waals surface area (Å²) in [5.41, 5.74) is 0.809. The Bertz CT molecular complexity index is 931. The van der Waals surface area contributed by atoms with Crippen LogP contribution in [-0.4, -0.2) is 35.4 Å². The molecule has 0 fully saturated rings. The highest BCUT2D eigenvalue weighted by Crippen LogP contribution is 2.34. The molecule has 0 spiro atoms. The third kappa shape index (κ3) is 2.88. The van der Waals surface area contributed by atoms with Crippen molar-refractivity contribution in [3.63, 3.8) is 0 Å². The zero-order valence-electron chi connectivity index (χ0n) is 12.9. The molecule has 0 saturated carbocycles. The molecule has 0 N–H and O–H groups in total. The maximum Gasteiger partial charge on any atom is 0.348 e. The lowest BCUT2D eigenvalue weighted by atomic mass is 10.1. The Morgan fingerprint density at radius 2 is 2.08 bits per heavy atom. The molecular formula is C16H13FN2O4S. The third-order valence-corrected chi connectivity index (χ3v) is 4.57. The van der Waals surface area contributed by atoms with Gasteiger partial charge in [0.25, 0.3) is 0 Å². The van der Waals surface area contributed by atoms with Crippen molar-refractivity contribution in [3.05, 3.63) is 41.0 Å². The number of hydrogen-bond donors (Lipinski definition) is 0. The van der Waals surface area contributed by atoms with Crippen LogP contribution in [0.1, 0.15) is 9.67 Å². The monoisotopic (exact) mass is 348 g/mol. The highest BCUT2D eigenvalue weighted by Gasteiger charge is 2.20. The molecule has 0 radical (unpaired) electrons. The van der Waals surface area contributed by atoms with E-state index < -0.39 is 24.4 Å². The van der Waals surface area contributed by atoms with Crippen molar-refractivity contribution < 1.29 is 23.5 Å². The fourth-order valence-corrected chi connectivity index (χ4v) is 3.21. The normalized spacial score (nSPS) is 10.8. The Kier molecular flexibility index (Phi) is 4.30. The van der Waals surface area contributed by atoms with E-state index in [2.05, 4.69) is 9.84 Å². The average molecular weight is 348 g/mol. The number of benzene rings is 1. The molecule has 0 amide bonds. The number of nitrogens with zero attached hydrogens (tertiary/aromatic N) is 2. The van der Waals surface area contributed by atoms with Crippen LogP contribution in [-0.2, 0) is 21.3 Å². The predicted octanol–water partition coefficient (Wildman–Crippen LogP) is 2.77. The molecule has 0 aliphatic heterocycles. The molecule has 0 bridgehead atoms. The second-order valence-corrected chi connectivity index (χ2v) is 5.96. The van der Waals surface area contributed by atoms with Gasteiger partial charge in [0.05, 0.1) is 7.11 Å². The van der Waals surface area contributed by atoms with Gasteiger partial charge in [-0.15, -0.1) is 11.3 Å². The van der Waals surface area contributed by atoms with Gasteiger partial charge in [0.2, 0.25) is 0 Å². The van der Waals surface area contributed by atoms with Gasteiger partial charge < -0.3 is 9.47 Å². The number of fused-ring (bicyclic) bond motifs is 1. The minimum Gasteiger partial charge on any atom is -0.466 e. The van der Waals surface area contributed by atoms with Crippen LogP contribution in [0.2, 0.25) is 0 Å². The molecule has 124 valence electrons. The van der Waals surface area contributed by atoms with Crippen LogP contribution in [0.3, 0.4) is 0 Å². The van der Waals surface area contributed by atoms with Gasteiger partial charge in [-0.3, -0.25) is 4.68 Å². The first-order chi connectivity index (χ1) is 11.5. The van der Waals surface area contributed by atoms with Crippen molar-refractivity contribution in [1.29, 1.82) is 0 Å². The first-order valence-corrected chi connectivity index (χ1v) is 7.78. The number of carbonyl (C=O) groups excluding carboxylic acids is 2. The molecule has 3 aromatic rings. The number of thiophene rings is 1. The second kappa shape index (κ2) is 6.40. The maximum absolute atomic E-state index is 14.0. The standard InChI is InChI=1S/C16H13FN2O4S/c1-19-15-10(14(18-19)9-5-3-4-6-11(9)17)7-12(24-15)16(21)23-8-13(20)22-2/h3-7H,8H2,1-2H3. The topological polar surface area (TPSA) is 70.4 Å². The van der Waals surface area contributed by atoms with E-state index in [1.54, 1.807) is 36.0 Å². The van der Waals surface area contributed by atoms with E-state index >= 15 is 0 Å². The van der Waals surface area contributed by atoms with Gasteiger partial charge in [0, 0.05) is 18.0 Å². The lowest BCUT2D eigenvalue weighted by Gasteiger charge is -2.01. The maximum atomic E-state index is 14.0. The number of esters is 2. The fourth-order valence-electron chi connectivity index (χ4n) is 2.25. The van der Waals surface area contributed by atoms with Crippen LogP contribution in [0.15, 0.2) is 30.3 Å². The molecule has 0 atom stereocenters. The van der Waals surface area contributed by atoms with Crippen LogP contribution in [0.5, 0.6) is 0 Å². The molecule has 0 aliphatic carbocycles. The first kappa shape index (κ1) is 16.1. The minimum absolute atomic E-state index is 0.305. The van der Waals surface area contributed by atoms with Gasteiger partial charge in [-0.05, 0) is 18.2 Å². The van der Waals surface area contributed by atoms with E-state index in [-0.39, 0.29) is 0 Å². The molecule has 0 aliphatic rings. The summed E-state index contributed by atoms with van der Waals surface area (Å²) in [6.45, 7) is -0.456. The Balaban J connectivity index is 1.97. The molecule has 24 heavy (non-hydrogen) atoms. The van der Waals surface area contributed by atoms with Crippen LogP contribution in [0, 0.1) is 5.82 Å². The Morgan fingerprint density at radius 1 is 1.33 bits per heavy atom. The highest BCUT2D eigenvalue weighted by atomic mass is 32.1. The average Bonchev–Trinajstić information content (AvgIpc) is 3.14. The summed E-state index contributed by atoms with van der Waals surface area (Å²) in [6.07, 6.45) is 0. The predicted molar refractivity (Wildman–Crippen MR) is 86.3 cm³/mol. The summed E-state index contributed by atoms with van der Waals surface area (Å²) in [7, 11) is 2.93. The van der Waals surface area contributed by atoms with E-state index in [4.69, 9.17) is 4.74 Å². The Morgan fingerprint density at radius 3 is 2.79 bits per heavy atom. The van der Waals surface area contributed by atoms with Gasteiger partial charge in [0.15, 0.2) is 6.61 Å². The summed E-state index contributed by atoms with van der Waals surface area (Å²) >= 11 is 1.16. The number of hydrogen-bond acceptors (Lipinski definition) is 6.